The molecule has 0 saturated heterocycles. The molecule has 17 heavy (non-hydrogen) atoms. The molecular weight excluding hydrogens is 244 g/mol. The normalized spacial score (nSPS) is 11.4. The molecule has 1 aromatic rings. The summed E-state index contributed by atoms with van der Waals surface area (Å²) in [7, 11) is -2.57. The Balaban J connectivity index is 2.79. The summed E-state index contributed by atoms with van der Waals surface area (Å²) in [6.45, 7) is 1.85. The van der Waals surface area contributed by atoms with E-state index in [1.807, 2.05) is 11.8 Å². The van der Waals surface area contributed by atoms with E-state index in [-0.39, 0.29) is 4.90 Å². The van der Waals surface area contributed by atoms with Crippen molar-refractivity contribution in [1.29, 1.82) is 0 Å². The Kier molecular flexibility index (Phi) is 4.22. The van der Waals surface area contributed by atoms with Crippen LogP contribution < -0.4 is 4.83 Å². The van der Waals surface area contributed by atoms with Crippen molar-refractivity contribution in [2.45, 2.75) is 11.8 Å². The molecule has 0 fully saturated rings. The highest BCUT2D eigenvalue weighted by Gasteiger charge is 2.11. The van der Waals surface area contributed by atoms with Crippen LogP contribution in [0.4, 0.5) is 0 Å². The van der Waals surface area contributed by atoms with Crippen molar-refractivity contribution >= 4 is 22.2 Å². The number of carbonyl (C=O) groups is 1. The molecule has 0 aliphatic carbocycles. The van der Waals surface area contributed by atoms with Crippen LogP contribution in [0.2, 0.25) is 0 Å². The SMILES string of the molecule is COC(=O)/C=N\NS(=O)(=O)c1ccc(C)cc1. The van der Waals surface area contributed by atoms with Gasteiger partial charge in [0.15, 0.2) is 0 Å². The standard InChI is InChI=1S/C10H12N2O4S/c1-8-3-5-9(6-4-8)17(14,15)12-11-7-10(13)16-2/h3-7,12H,1-2H3/b11-7-. The number of hydrogen-bond acceptors (Lipinski definition) is 5. The zero-order valence-electron chi connectivity index (χ0n) is 9.38. The van der Waals surface area contributed by atoms with Crippen LogP contribution in [-0.2, 0) is 19.6 Å². The molecule has 0 unspecified atom stereocenters. The number of methoxy groups -OCH3 is 1. The van der Waals surface area contributed by atoms with E-state index in [2.05, 4.69) is 9.84 Å². The van der Waals surface area contributed by atoms with Gasteiger partial charge in [0.05, 0.1) is 12.0 Å². The number of hydrogen-bond donors (Lipinski definition) is 1. The van der Waals surface area contributed by atoms with Gasteiger partial charge in [-0.25, -0.2) is 4.79 Å². The van der Waals surface area contributed by atoms with Crippen molar-refractivity contribution in [1.82, 2.24) is 4.83 Å². The summed E-state index contributed by atoms with van der Waals surface area (Å²) < 4.78 is 27.5. The average Bonchev–Trinajstić information content (AvgIpc) is 2.29. The van der Waals surface area contributed by atoms with Gasteiger partial charge >= 0.3 is 5.97 Å². The zero-order valence-corrected chi connectivity index (χ0v) is 10.2. The van der Waals surface area contributed by atoms with E-state index < -0.39 is 16.0 Å². The van der Waals surface area contributed by atoms with Crippen molar-refractivity contribution in [3.05, 3.63) is 29.8 Å². The fourth-order valence-electron chi connectivity index (χ4n) is 0.971. The lowest BCUT2D eigenvalue weighted by molar-refractivity contribution is -0.132. The number of rotatable bonds is 4. The largest absolute Gasteiger partial charge is 0.465 e. The van der Waals surface area contributed by atoms with Gasteiger partial charge in [-0.2, -0.15) is 18.4 Å². The van der Waals surface area contributed by atoms with E-state index in [4.69, 9.17) is 0 Å². The van der Waals surface area contributed by atoms with Gasteiger partial charge in [0.2, 0.25) is 0 Å². The maximum Gasteiger partial charge on any atom is 0.350 e. The molecule has 0 aliphatic heterocycles. The van der Waals surface area contributed by atoms with Gasteiger partial charge < -0.3 is 4.74 Å². The third-order valence-electron chi connectivity index (χ3n) is 1.88. The fourth-order valence-corrected chi connectivity index (χ4v) is 1.76. The van der Waals surface area contributed by atoms with Gasteiger partial charge in [0.25, 0.3) is 10.0 Å². The van der Waals surface area contributed by atoms with Crippen LogP contribution in [0.1, 0.15) is 5.56 Å². The highest BCUT2D eigenvalue weighted by molar-refractivity contribution is 7.89. The number of nitrogens with zero attached hydrogens (tertiary/aromatic N) is 1. The number of carbonyl (C=O) groups excluding carboxylic acids is 1. The molecule has 0 aromatic heterocycles. The van der Waals surface area contributed by atoms with Crippen LogP contribution >= 0.6 is 0 Å². The molecule has 0 saturated carbocycles. The average molecular weight is 256 g/mol. The van der Waals surface area contributed by atoms with Crippen molar-refractivity contribution in [2.75, 3.05) is 7.11 Å². The topological polar surface area (TPSA) is 84.8 Å². The lowest BCUT2D eigenvalue weighted by Crippen LogP contribution is -2.19. The molecule has 0 bridgehead atoms. The Morgan fingerprint density at radius 2 is 1.94 bits per heavy atom. The number of benzene rings is 1. The first-order valence-electron chi connectivity index (χ1n) is 4.65. The third-order valence-corrected chi connectivity index (χ3v) is 3.11. The predicted octanol–water partition coefficient (Wildman–Crippen LogP) is 0.432. The van der Waals surface area contributed by atoms with Crippen LogP contribution in [0.3, 0.4) is 0 Å². The molecule has 0 heterocycles. The van der Waals surface area contributed by atoms with Crippen LogP contribution in [-0.4, -0.2) is 27.7 Å². The fraction of sp³-hybridized carbons (Fsp3) is 0.200. The molecule has 0 radical (unpaired) electrons. The Morgan fingerprint density at radius 3 is 2.47 bits per heavy atom. The number of esters is 1. The first kappa shape index (κ1) is 13.2. The second-order valence-corrected chi connectivity index (χ2v) is 4.85. The van der Waals surface area contributed by atoms with E-state index in [0.717, 1.165) is 11.8 Å². The minimum absolute atomic E-state index is 0.0742. The summed E-state index contributed by atoms with van der Waals surface area (Å²) in [6, 6.07) is 6.23. The first-order chi connectivity index (χ1) is 7.95. The summed E-state index contributed by atoms with van der Waals surface area (Å²) in [5.41, 5.74) is 0.946. The molecule has 1 N–H and O–H groups in total. The molecule has 0 amide bonds. The van der Waals surface area contributed by atoms with E-state index in [0.29, 0.717) is 0 Å². The van der Waals surface area contributed by atoms with E-state index in [1.54, 1.807) is 12.1 Å². The lowest BCUT2D eigenvalue weighted by Gasteiger charge is -2.02. The van der Waals surface area contributed by atoms with Gasteiger partial charge in [-0.1, -0.05) is 17.7 Å². The third kappa shape index (κ3) is 3.87. The number of nitrogens with one attached hydrogen (secondary N) is 1. The lowest BCUT2D eigenvalue weighted by atomic mass is 10.2. The quantitative estimate of drug-likeness (QED) is 0.481. The highest BCUT2D eigenvalue weighted by Crippen LogP contribution is 2.09. The molecular formula is C10H12N2O4S. The van der Waals surface area contributed by atoms with E-state index in [1.165, 1.54) is 19.2 Å². The summed E-state index contributed by atoms with van der Waals surface area (Å²) >= 11 is 0. The molecule has 1 rings (SSSR count). The monoisotopic (exact) mass is 256 g/mol. The number of hydrazone groups is 1. The molecule has 0 atom stereocenters. The number of sulfonamides is 1. The maximum absolute atomic E-state index is 11.6. The highest BCUT2D eigenvalue weighted by atomic mass is 32.2. The second-order valence-electron chi connectivity index (χ2n) is 3.19. The molecule has 1 aromatic carbocycles. The van der Waals surface area contributed by atoms with Crippen molar-refractivity contribution in [2.24, 2.45) is 5.10 Å². The smallest absolute Gasteiger partial charge is 0.350 e. The molecule has 6 nitrogen and oxygen atoms in total. The summed E-state index contributed by atoms with van der Waals surface area (Å²) in [4.78, 5) is 12.6. The van der Waals surface area contributed by atoms with E-state index in [9.17, 15) is 13.2 Å². The Labute approximate surface area is 99.3 Å². The Bertz CT molecular complexity index is 520. The molecule has 7 heteroatoms. The predicted molar refractivity (Wildman–Crippen MR) is 62.0 cm³/mol. The van der Waals surface area contributed by atoms with Gasteiger partial charge in [-0.3, -0.25) is 0 Å². The van der Waals surface area contributed by atoms with Gasteiger partial charge in [-0.15, -0.1) is 0 Å². The van der Waals surface area contributed by atoms with Crippen molar-refractivity contribution in [3.63, 3.8) is 0 Å². The Morgan fingerprint density at radius 1 is 1.35 bits per heavy atom. The molecule has 0 spiro atoms. The van der Waals surface area contributed by atoms with Crippen LogP contribution in [0, 0.1) is 6.92 Å². The maximum atomic E-state index is 11.6. The van der Waals surface area contributed by atoms with Crippen molar-refractivity contribution < 1.29 is 17.9 Å². The molecule has 0 aliphatic rings. The van der Waals surface area contributed by atoms with Gasteiger partial charge in [0, 0.05) is 0 Å². The van der Waals surface area contributed by atoms with Crippen LogP contribution in [0.5, 0.6) is 0 Å². The van der Waals surface area contributed by atoms with Crippen molar-refractivity contribution in [3.8, 4) is 0 Å². The number of ether oxygens (including phenoxy) is 1. The summed E-state index contributed by atoms with van der Waals surface area (Å²) in [6.07, 6.45) is 0.742. The minimum atomic E-state index is -3.74. The Hall–Kier alpha value is -1.89. The zero-order chi connectivity index (χ0) is 12.9. The minimum Gasteiger partial charge on any atom is -0.465 e. The molecule has 92 valence electrons. The van der Waals surface area contributed by atoms with Gasteiger partial charge in [-0.05, 0) is 19.1 Å². The second kappa shape index (κ2) is 5.44. The van der Waals surface area contributed by atoms with Crippen LogP contribution in [0.15, 0.2) is 34.3 Å². The van der Waals surface area contributed by atoms with E-state index >= 15 is 0 Å². The first-order valence-corrected chi connectivity index (χ1v) is 6.13. The number of aryl methyl sites for hydroxylation is 1. The van der Waals surface area contributed by atoms with Crippen LogP contribution in [0.25, 0.3) is 0 Å². The van der Waals surface area contributed by atoms with Gasteiger partial charge in [0.1, 0.15) is 6.21 Å². The summed E-state index contributed by atoms with van der Waals surface area (Å²) in [5.74, 6) is -0.739. The summed E-state index contributed by atoms with van der Waals surface area (Å²) in [5, 5.41) is 3.28.